The Hall–Kier alpha value is -1.89. The van der Waals surface area contributed by atoms with Gasteiger partial charge in [0.05, 0.1) is 0 Å². The molecule has 0 aliphatic rings. The first-order valence-corrected chi connectivity index (χ1v) is 4.92. The molecular weight excluding hydrogens is 184 g/mol. The van der Waals surface area contributed by atoms with Crippen LogP contribution < -0.4 is 0 Å². The van der Waals surface area contributed by atoms with E-state index in [9.17, 15) is 4.79 Å². The van der Waals surface area contributed by atoms with Gasteiger partial charge in [-0.2, -0.15) is 0 Å². The van der Waals surface area contributed by atoms with Crippen molar-refractivity contribution >= 4 is 6.29 Å². The Kier molecular flexibility index (Phi) is 2.64. The minimum Gasteiger partial charge on any atom is -0.298 e. The van der Waals surface area contributed by atoms with Crippen LogP contribution in [-0.2, 0) is 0 Å². The summed E-state index contributed by atoms with van der Waals surface area (Å²) in [6.07, 6.45) is 0.860. The fourth-order valence-electron chi connectivity index (χ4n) is 1.50. The van der Waals surface area contributed by atoms with Gasteiger partial charge in [-0.3, -0.25) is 4.79 Å². The third kappa shape index (κ3) is 2.13. The van der Waals surface area contributed by atoms with Gasteiger partial charge in [0.1, 0.15) is 6.29 Å². The summed E-state index contributed by atoms with van der Waals surface area (Å²) in [4.78, 5) is 10.5. The van der Waals surface area contributed by atoms with Crippen LogP contribution in [0.4, 0.5) is 0 Å². The van der Waals surface area contributed by atoms with Crippen molar-refractivity contribution in [2.24, 2.45) is 0 Å². The van der Waals surface area contributed by atoms with Gasteiger partial charge in [-0.25, -0.2) is 0 Å². The van der Waals surface area contributed by atoms with Gasteiger partial charge in [-0.05, 0) is 18.1 Å². The molecule has 0 N–H and O–H groups in total. The fourth-order valence-corrected chi connectivity index (χ4v) is 1.50. The number of hydrogen-bond donors (Lipinski definition) is 0. The lowest BCUT2D eigenvalue weighted by atomic mass is 10.0. The van der Waals surface area contributed by atoms with Crippen LogP contribution in [-0.4, -0.2) is 6.29 Å². The first kappa shape index (κ1) is 9.66. The Bertz CT molecular complexity index is 452. The zero-order chi connectivity index (χ0) is 10.7. The van der Waals surface area contributed by atoms with Crippen molar-refractivity contribution in [2.45, 2.75) is 6.92 Å². The highest BCUT2D eigenvalue weighted by atomic mass is 16.1. The Morgan fingerprint density at radius 1 is 0.800 bits per heavy atom. The summed E-state index contributed by atoms with van der Waals surface area (Å²) in [5.74, 6) is 0. The number of carbonyl (C=O) groups excluding carboxylic acids is 1. The fraction of sp³-hybridized carbons (Fsp3) is 0.0714. The van der Waals surface area contributed by atoms with Gasteiger partial charge in [-0.1, -0.05) is 54.1 Å². The second-order valence-corrected chi connectivity index (χ2v) is 3.61. The molecule has 0 unspecified atom stereocenters. The predicted molar refractivity (Wildman–Crippen MR) is 62.0 cm³/mol. The summed E-state index contributed by atoms with van der Waals surface area (Å²) < 4.78 is 0. The van der Waals surface area contributed by atoms with Crippen molar-refractivity contribution in [3.8, 4) is 11.1 Å². The van der Waals surface area contributed by atoms with E-state index in [-0.39, 0.29) is 0 Å². The standard InChI is InChI=1S/C14H12O/c1-11-2-6-13(7-3-11)14-8-4-12(10-15)5-9-14/h2-10H,1H3. The molecule has 0 atom stereocenters. The van der Waals surface area contributed by atoms with E-state index >= 15 is 0 Å². The van der Waals surface area contributed by atoms with Crippen LogP contribution >= 0.6 is 0 Å². The predicted octanol–water partition coefficient (Wildman–Crippen LogP) is 3.47. The minimum absolute atomic E-state index is 0.714. The minimum atomic E-state index is 0.714. The lowest BCUT2D eigenvalue weighted by Crippen LogP contribution is -1.81. The summed E-state index contributed by atoms with van der Waals surface area (Å²) >= 11 is 0. The van der Waals surface area contributed by atoms with E-state index in [4.69, 9.17) is 0 Å². The summed E-state index contributed by atoms with van der Waals surface area (Å²) in [6, 6.07) is 16.0. The van der Waals surface area contributed by atoms with Crippen LogP contribution in [0.5, 0.6) is 0 Å². The molecule has 0 saturated carbocycles. The highest BCUT2D eigenvalue weighted by Gasteiger charge is 1.96. The summed E-state index contributed by atoms with van der Waals surface area (Å²) in [6.45, 7) is 2.07. The van der Waals surface area contributed by atoms with Gasteiger partial charge < -0.3 is 0 Å². The molecule has 0 aliphatic carbocycles. The van der Waals surface area contributed by atoms with E-state index < -0.39 is 0 Å². The Morgan fingerprint density at radius 2 is 1.27 bits per heavy atom. The molecule has 2 aromatic carbocycles. The number of aldehydes is 1. The normalized spacial score (nSPS) is 9.93. The molecule has 2 rings (SSSR count). The van der Waals surface area contributed by atoms with Gasteiger partial charge in [0.25, 0.3) is 0 Å². The van der Waals surface area contributed by atoms with Crippen LogP contribution in [0.25, 0.3) is 11.1 Å². The number of hydrogen-bond acceptors (Lipinski definition) is 1. The summed E-state index contributed by atoms with van der Waals surface area (Å²) in [7, 11) is 0. The van der Waals surface area contributed by atoms with Crippen molar-refractivity contribution < 1.29 is 4.79 Å². The van der Waals surface area contributed by atoms with Crippen molar-refractivity contribution in [3.63, 3.8) is 0 Å². The molecule has 15 heavy (non-hydrogen) atoms. The van der Waals surface area contributed by atoms with E-state index in [1.807, 2.05) is 24.3 Å². The summed E-state index contributed by atoms with van der Waals surface area (Å²) in [5.41, 5.74) is 4.28. The largest absolute Gasteiger partial charge is 0.298 e. The molecule has 0 fully saturated rings. The summed E-state index contributed by atoms with van der Waals surface area (Å²) in [5, 5.41) is 0. The van der Waals surface area contributed by atoms with Gasteiger partial charge in [0.15, 0.2) is 0 Å². The zero-order valence-electron chi connectivity index (χ0n) is 8.60. The number of benzene rings is 2. The van der Waals surface area contributed by atoms with Crippen LogP contribution in [0, 0.1) is 6.92 Å². The molecule has 74 valence electrons. The van der Waals surface area contributed by atoms with E-state index in [2.05, 4.69) is 31.2 Å². The van der Waals surface area contributed by atoms with E-state index in [1.54, 1.807) is 0 Å². The van der Waals surface area contributed by atoms with Crippen molar-refractivity contribution in [3.05, 3.63) is 59.7 Å². The Balaban J connectivity index is 2.37. The maximum Gasteiger partial charge on any atom is 0.150 e. The molecular formula is C14H12O. The highest BCUT2D eigenvalue weighted by Crippen LogP contribution is 2.19. The van der Waals surface area contributed by atoms with Gasteiger partial charge >= 0.3 is 0 Å². The van der Waals surface area contributed by atoms with Crippen LogP contribution in [0.3, 0.4) is 0 Å². The SMILES string of the molecule is Cc1ccc(-c2ccc(C=O)cc2)cc1. The van der Waals surface area contributed by atoms with Gasteiger partial charge in [0.2, 0.25) is 0 Å². The zero-order valence-corrected chi connectivity index (χ0v) is 8.60. The van der Waals surface area contributed by atoms with Crippen LogP contribution in [0.15, 0.2) is 48.5 Å². The number of aryl methyl sites for hydroxylation is 1. The first-order chi connectivity index (χ1) is 7.29. The molecule has 0 aromatic heterocycles. The van der Waals surface area contributed by atoms with Crippen molar-refractivity contribution in [1.29, 1.82) is 0 Å². The maximum absolute atomic E-state index is 10.5. The molecule has 1 heteroatoms. The Morgan fingerprint density at radius 3 is 1.73 bits per heavy atom. The quantitative estimate of drug-likeness (QED) is 0.672. The van der Waals surface area contributed by atoms with E-state index in [0.29, 0.717) is 5.56 Å². The second kappa shape index (κ2) is 4.09. The number of rotatable bonds is 2. The Labute approximate surface area is 89.4 Å². The smallest absolute Gasteiger partial charge is 0.150 e. The van der Waals surface area contributed by atoms with Gasteiger partial charge in [0, 0.05) is 5.56 Å². The third-order valence-electron chi connectivity index (χ3n) is 2.43. The molecule has 0 bridgehead atoms. The molecule has 0 saturated heterocycles. The molecule has 0 heterocycles. The van der Waals surface area contributed by atoms with E-state index in [1.165, 1.54) is 11.1 Å². The average Bonchev–Trinajstić information content (AvgIpc) is 2.30. The van der Waals surface area contributed by atoms with Crippen molar-refractivity contribution in [1.82, 2.24) is 0 Å². The van der Waals surface area contributed by atoms with Crippen molar-refractivity contribution in [2.75, 3.05) is 0 Å². The average molecular weight is 196 g/mol. The molecule has 0 amide bonds. The number of carbonyl (C=O) groups is 1. The first-order valence-electron chi connectivity index (χ1n) is 4.92. The molecule has 0 aliphatic heterocycles. The van der Waals surface area contributed by atoms with Crippen LogP contribution in [0.2, 0.25) is 0 Å². The maximum atomic E-state index is 10.5. The topological polar surface area (TPSA) is 17.1 Å². The molecule has 0 radical (unpaired) electrons. The van der Waals surface area contributed by atoms with E-state index in [0.717, 1.165) is 11.8 Å². The monoisotopic (exact) mass is 196 g/mol. The highest BCUT2D eigenvalue weighted by molar-refractivity contribution is 5.76. The molecule has 0 spiro atoms. The second-order valence-electron chi connectivity index (χ2n) is 3.61. The lowest BCUT2D eigenvalue weighted by molar-refractivity contribution is 0.112. The molecule has 1 nitrogen and oxygen atoms in total. The van der Waals surface area contributed by atoms with Gasteiger partial charge in [-0.15, -0.1) is 0 Å². The molecule has 2 aromatic rings. The van der Waals surface area contributed by atoms with Crippen LogP contribution in [0.1, 0.15) is 15.9 Å². The third-order valence-corrected chi connectivity index (χ3v) is 2.43. The lowest BCUT2D eigenvalue weighted by Gasteiger charge is -2.02.